The zero-order valence-corrected chi connectivity index (χ0v) is 20.4. The highest BCUT2D eigenvalue weighted by Gasteiger charge is 2.23. The van der Waals surface area contributed by atoms with Gasteiger partial charge in [0.15, 0.2) is 0 Å². The second-order valence-corrected chi connectivity index (χ2v) is 8.73. The summed E-state index contributed by atoms with van der Waals surface area (Å²) in [7, 11) is 0. The van der Waals surface area contributed by atoms with Crippen molar-refractivity contribution >= 4 is 52.4 Å². The van der Waals surface area contributed by atoms with Crippen molar-refractivity contribution in [1.29, 1.82) is 0 Å². The number of carbonyl (C=O) groups excluding carboxylic acids is 2. The number of nitrogens with two attached hydrogens (primary N) is 2. The molecule has 1 aromatic heterocycles. The quantitative estimate of drug-likeness (QED) is 0.301. The van der Waals surface area contributed by atoms with Crippen molar-refractivity contribution in [2.24, 2.45) is 11.5 Å². The molecule has 4 rings (SSSR count). The fourth-order valence-electron chi connectivity index (χ4n) is 3.71. The van der Waals surface area contributed by atoms with E-state index in [1.165, 1.54) is 30.1 Å². The van der Waals surface area contributed by atoms with Crippen molar-refractivity contribution in [2.45, 2.75) is 17.7 Å². The van der Waals surface area contributed by atoms with Crippen LogP contribution >= 0.6 is 11.8 Å². The van der Waals surface area contributed by atoms with E-state index in [0.717, 1.165) is 11.3 Å². The number of primary amides is 1. The zero-order valence-electron chi connectivity index (χ0n) is 19.6. The van der Waals surface area contributed by atoms with Crippen molar-refractivity contribution in [2.75, 3.05) is 41.5 Å². The van der Waals surface area contributed by atoms with Crippen LogP contribution in [0.5, 0.6) is 5.75 Å². The Morgan fingerprint density at radius 1 is 1.22 bits per heavy atom. The molecule has 1 aliphatic rings. The topological polar surface area (TPSA) is 148 Å². The highest BCUT2D eigenvalue weighted by atomic mass is 32.2. The van der Waals surface area contributed by atoms with Crippen molar-refractivity contribution in [3.05, 3.63) is 54.0 Å². The number of thioether (sulfide) groups is 1. The van der Waals surface area contributed by atoms with Gasteiger partial charge in [0, 0.05) is 36.3 Å². The maximum atomic E-state index is 14.6. The van der Waals surface area contributed by atoms with E-state index in [-0.39, 0.29) is 28.9 Å². The van der Waals surface area contributed by atoms with Crippen molar-refractivity contribution in [1.82, 2.24) is 9.97 Å². The van der Waals surface area contributed by atoms with E-state index in [1.54, 1.807) is 23.1 Å². The minimum absolute atomic E-state index is 0.00912. The first-order chi connectivity index (χ1) is 17.4. The molecule has 6 N–H and O–H groups in total. The van der Waals surface area contributed by atoms with Gasteiger partial charge in [-0.15, -0.1) is 11.8 Å². The first-order valence-electron chi connectivity index (χ1n) is 11.2. The normalized spacial score (nSPS) is 13.1. The molecule has 12 heteroatoms. The molecule has 2 heterocycles. The lowest BCUT2D eigenvalue weighted by atomic mass is 10.2. The molecular formula is C24H26FN7O3S. The van der Waals surface area contributed by atoms with Gasteiger partial charge in [-0.25, -0.2) is 9.37 Å². The van der Waals surface area contributed by atoms with Gasteiger partial charge in [0.25, 0.3) is 5.91 Å². The molecule has 0 bridgehead atoms. The van der Waals surface area contributed by atoms with Crippen LogP contribution in [0.2, 0.25) is 0 Å². The molecule has 10 nitrogen and oxygen atoms in total. The number of hydrogen-bond acceptors (Lipinski definition) is 9. The average molecular weight is 512 g/mol. The standard InChI is InChI=1S/C24H26FN7O3S/c1-36-20-12-15(35-10-8-26)5-7-18(20)29-23-16(22(27)34)13-28-24(31-23)30-19-11-14(4-6-17(19)25)32-9-2-3-21(32)33/h4-7,11-13H,2-3,8-10,26H2,1H3,(H2,27,34)(H2,28,29,30,31). The molecule has 1 aliphatic heterocycles. The van der Waals surface area contributed by atoms with Gasteiger partial charge >= 0.3 is 0 Å². The summed E-state index contributed by atoms with van der Waals surface area (Å²) < 4.78 is 20.2. The lowest BCUT2D eigenvalue weighted by Gasteiger charge is -2.18. The van der Waals surface area contributed by atoms with E-state index >= 15 is 0 Å². The number of benzene rings is 2. The van der Waals surface area contributed by atoms with Crippen LogP contribution in [-0.4, -0.2) is 47.7 Å². The third-order valence-corrected chi connectivity index (χ3v) is 6.23. The minimum Gasteiger partial charge on any atom is -0.492 e. The number of carbonyl (C=O) groups is 2. The highest BCUT2D eigenvalue weighted by Crippen LogP contribution is 2.33. The van der Waals surface area contributed by atoms with E-state index in [9.17, 15) is 14.0 Å². The van der Waals surface area contributed by atoms with Crippen molar-refractivity contribution in [3.8, 4) is 5.75 Å². The minimum atomic E-state index is -0.724. The number of hydrogen-bond donors (Lipinski definition) is 4. The van der Waals surface area contributed by atoms with E-state index in [0.29, 0.717) is 43.2 Å². The van der Waals surface area contributed by atoms with Crippen LogP contribution < -0.4 is 31.7 Å². The maximum absolute atomic E-state index is 14.6. The summed E-state index contributed by atoms with van der Waals surface area (Å²) in [6, 6.07) is 9.75. The Kier molecular flexibility index (Phi) is 7.86. The average Bonchev–Trinajstić information content (AvgIpc) is 3.30. The summed E-state index contributed by atoms with van der Waals surface area (Å²) in [4.78, 5) is 35.1. The predicted molar refractivity (Wildman–Crippen MR) is 138 cm³/mol. The van der Waals surface area contributed by atoms with Gasteiger partial charge in [-0.05, 0) is 49.1 Å². The van der Waals surface area contributed by atoms with Gasteiger partial charge in [0.1, 0.15) is 29.6 Å². The molecule has 188 valence electrons. The molecule has 36 heavy (non-hydrogen) atoms. The third kappa shape index (κ3) is 5.66. The number of amides is 2. The van der Waals surface area contributed by atoms with E-state index in [2.05, 4.69) is 20.6 Å². The molecule has 2 aromatic carbocycles. The summed E-state index contributed by atoms with van der Waals surface area (Å²) in [6.45, 7) is 1.36. The number of halogens is 1. The number of nitrogens with one attached hydrogen (secondary N) is 2. The van der Waals surface area contributed by atoms with Crippen LogP contribution in [-0.2, 0) is 4.79 Å². The summed E-state index contributed by atoms with van der Waals surface area (Å²) >= 11 is 1.47. The van der Waals surface area contributed by atoms with Crippen LogP contribution in [0.15, 0.2) is 47.5 Å². The van der Waals surface area contributed by atoms with Crippen LogP contribution in [0.1, 0.15) is 23.2 Å². The van der Waals surface area contributed by atoms with E-state index in [4.69, 9.17) is 16.2 Å². The molecule has 0 atom stereocenters. The summed E-state index contributed by atoms with van der Waals surface area (Å²) in [5.74, 6) is -0.428. The van der Waals surface area contributed by atoms with Gasteiger partial charge in [0.05, 0.1) is 11.4 Å². The number of anilines is 5. The number of rotatable bonds is 10. The second-order valence-electron chi connectivity index (χ2n) is 7.88. The van der Waals surface area contributed by atoms with Crippen LogP contribution in [0.4, 0.5) is 33.2 Å². The third-order valence-electron chi connectivity index (χ3n) is 5.45. The lowest BCUT2D eigenvalue weighted by Crippen LogP contribution is -2.23. The number of ether oxygens (including phenoxy) is 1. The van der Waals surface area contributed by atoms with Crippen LogP contribution in [0, 0.1) is 5.82 Å². The monoisotopic (exact) mass is 511 g/mol. The van der Waals surface area contributed by atoms with E-state index in [1.807, 2.05) is 12.3 Å². The fourth-order valence-corrected chi connectivity index (χ4v) is 4.28. The Morgan fingerprint density at radius 3 is 2.75 bits per heavy atom. The highest BCUT2D eigenvalue weighted by molar-refractivity contribution is 7.98. The predicted octanol–water partition coefficient (Wildman–Crippen LogP) is 3.39. The first kappa shape index (κ1) is 25.2. The smallest absolute Gasteiger partial charge is 0.254 e. The molecule has 1 saturated heterocycles. The molecule has 0 saturated carbocycles. The van der Waals surface area contributed by atoms with Gasteiger partial charge in [0.2, 0.25) is 11.9 Å². The molecule has 2 amide bonds. The molecule has 0 spiro atoms. The Balaban J connectivity index is 1.62. The molecule has 3 aromatic rings. The van der Waals surface area contributed by atoms with Crippen molar-refractivity contribution < 1.29 is 18.7 Å². The molecule has 0 aliphatic carbocycles. The van der Waals surface area contributed by atoms with Crippen LogP contribution in [0.25, 0.3) is 0 Å². The lowest BCUT2D eigenvalue weighted by molar-refractivity contribution is -0.117. The zero-order chi connectivity index (χ0) is 25.7. The Bertz CT molecular complexity index is 1290. The Morgan fingerprint density at radius 2 is 2.06 bits per heavy atom. The number of aromatic nitrogens is 2. The largest absolute Gasteiger partial charge is 0.492 e. The molecule has 0 radical (unpaired) electrons. The second kappa shape index (κ2) is 11.2. The Labute approximate surface area is 211 Å². The van der Waals surface area contributed by atoms with Gasteiger partial charge in [-0.2, -0.15) is 4.98 Å². The maximum Gasteiger partial charge on any atom is 0.254 e. The van der Waals surface area contributed by atoms with Gasteiger partial charge < -0.3 is 31.7 Å². The Hall–Kier alpha value is -3.90. The first-order valence-corrected chi connectivity index (χ1v) is 12.4. The van der Waals surface area contributed by atoms with Crippen LogP contribution in [0.3, 0.4) is 0 Å². The van der Waals surface area contributed by atoms with Gasteiger partial charge in [-0.3, -0.25) is 9.59 Å². The number of nitrogens with zero attached hydrogens (tertiary/aromatic N) is 3. The molecular weight excluding hydrogens is 485 g/mol. The van der Waals surface area contributed by atoms with Gasteiger partial charge in [-0.1, -0.05) is 0 Å². The summed E-state index contributed by atoms with van der Waals surface area (Å²) in [5, 5.41) is 5.96. The summed E-state index contributed by atoms with van der Waals surface area (Å²) in [5.41, 5.74) is 12.4. The molecule has 0 unspecified atom stereocenters. The van der Waals surface area contributed by atoms with E-state index < -0.39 is 11.7 Å². The summed E-state index contributed by atoms with van der Waals surface area (Å²) in [6.07, 6.45) is 4.38. The SMILES string of the molecule is CSc1cc(OCCN)ccc1Nc1nc(Nc2cc(N3CCCC3=O)ccc2F)ncc1C(N)=O. The molecule has 1 fully saturated rings. The fraction of sp³-hybridized carbons (Fsp3) is 0.250. The van der Waals surface area contributed by atoms with Crippen molar-refractivity contribution in [3.63, 3.8) is 0 Å².